The average Bonchev–Trinajstić information content (AvgIpc) is 2.69. The monoisotopic (exact) mass is 354 g/mol. The van der Waals surface area contributed by atoms with E-state index in [0.717, 1.165) is 44.0 Å². The highest BCUT2D eigenvalue weighted by Gasteiger charge is 2.25. The van der Waals surface area contributed by atoms with Crippen molar-refractivity contribution >= 4 is 0 Å². The van der Waals surface area contributed by atoms with Crippen LogP contribution in [0.4, 0.5) is 0 Å². The van der Waals surface area contributed by atoms with Crippen molar-refractivity contribution in [2.24, 2.45) is 0 Å². The molecular weight excluding hydrogens is 324 g/mol. The molecule has 140 valence electrons. The van der Waals surface area contributed by atoms with Crippen LogP contribution in [0, 0.1) is 0 Å². The van der Waals surface area contributed by atoms with E-state index in [1.165, 1.54) is 11.1 Å². The number of piperazine rings is 1. The molecule has 4 heteroatoms. The van der Waals surface area contributed by atoms with Gasteiger partial charge in [0, 0.05) is 31.7 Å². The second kappa shape index (κ2) is 9.06. The van der Waals surface area contributed by atoms with Crippen LogP contribution >= 0.6 is 0 Å². The molecule has 2 atom stereocenters. The molecular formula is C22H30N2O2. The van der Waals surface area contributed by atoms with Gasteiger partial charge in [-0.1, -0.05) is 43.3 Å². The van der Waals surface area contributed by atoms with Gasteiger partial charge < -0.3 is 14.8 Å². The Morgan fingerprint density at radius 2 is 1.85 bits per heavy atom. The maximum atomic E-state index is 5.44. The van der Waals surface area contributed by atoms with Gasteiger partial charge in [-0.2, -0.15) is 0 Å². The van der Waals surface area contributed by atoms with Crippen molar-refractivity contribution in [1.82, 2.24) is 10.2 Å². The molecule has 26 heavy (non-hydrogen) atoms. The first-order valence-corrected chi connectivity index (χ1v) is 9.48. The van der Waals surface area contributed by atoms with Gasteiger partial charge in [0.1, 0.15) is 0 Å². The van der Waals surface area contributed by atoms with Gasteiger partial charge in [-0.15, -0.1) is 0 Å². The Bertz CT molecular complexity index is 690. The summed E-state index contributed by atoms with van der Waals surface area (Å²) >= 11 is 0. The molecule has 0 bridgehead atoms. The van der Waals surface area contributed by atoms with E-state index in [1.54, 1.807) is 14.2 Å². The third-order valence-electron chi connectivity index (χ3n) is 5.23. The quantitative estimate of drug-likeness (QED) is 0.823. The normalized spacial score (nSPS) is 19.1. The van der Waals surface area contributed by atoms with Gasteiger partial charge in [-0.25, -0.2) is 0 Å². The van der Waals surface area contributed by atoms with Gasteiger partial charge in [-0.05, 0) is 36.1 Å². The molecule has 1 N–H and O–H groups in total. The number of nitrogens with zero attached hydrogens (tertiary/aromatic N) is 1. The van der Waals surface area contributed by atoms with E-state index in [9.17, 15) is 0 Å². The minimum atomic E-state index is 0.444. The first-order valence-electron chi connectivity index (χ1n) is 9.48. The van der Waals surface area contributed by atoms with Crippen LogP contribution in [0.25, 0.3) is 0 Å². The lowest BCUT2D eigenvalue weighted by Crippen LogP contribution is -2.52. The summed E-state index contributed by atoms with van der Waals surface area (Å²) in [5.41, 5.74) is 2.69. The standard InChI is InChI=1S/C22H30N2O2/c1-4-20(18-8-6-5-7-9-18)24-13-12-23-19(16-24)14-17-10-11-21(25-2)22(15-17)26-3/h5-11,15,19-20,23H,4,12-14,16H2,1-3H3. The maximum Gasteiger partial charge on any atom is 0.160 e. The Kier molecular flexibility index (Phi) is 6.53. The van der Waals surface area contributed by atoms with E-state index >= 15 is 0 Å². The molecule has 1 heterocycles. The second-order valence-electron chi connectivity index (χ2n) is 6.87. The van der Waals surface area contributed by atoms with Crippen LogP contribution in [0.1, 0.15) is 30.5 Å². The zero-order valence-corrected chi connectivity index (χ0v) is 16.1. The third kappa shape index (κ3) is 4.37. The Labute approximate surface area is 157 Å². The van der Waals surface area contributed by atoms with Crippen LogP contribution < -0.4 is 14.8 Å². The summed E-state index contributed by atoms with van der Waals surface area (Å²) in [6.45, 7) is 5.46. The Morgan fingerprint density at radius 3 is 2.54 bits per heavy atom. The molecule has 2 aromatic carbocycles. The predicted octanol–water partition coefficient (Wildman–Crippen LogP) is 3.67. The van der Waals surface area contributed by atoms with Gasteiger partial charge in [0.25, 0.3) is 0 Å². The van der Waals surface area contributed by atoms with E-state index in [1.807, 2.05) is 6.07 Å². The molecule has 1 saturated heterocycles. The van der Waals surface area contributed by atoms with Crippen molar-refractivity contribution in [3.05, 3.63) is 59.7 Å². The molecule has 0 aromatic heterocycles. The molecule has 0 aliphatic carbocycles. The molecule has 3 rings (SSSR count). The highest BCUT2D eigenvalue weighted by Crippen LogP contribution is 2.29. The van der Waals surface area contributed by atoms with E-state index < -0.39 is 0 Å². The number of methoxy groups -OCH3 is 2. The number of nitrogens with one attached hydrogen (secondary N) is 1. The molecule has 1 aliphatic heterocycles. The molecule has 1 aliphatic rings. The third-order valence-corrected chi connectivity index (χ3v) is 5.23. The molecule has 2 aromatic rings. The van der Waals surface area contributed by atoms with Gasteiger partial charge in [0.05, 0.1) is 14.2 Å². The van der Waals surface area contributed by atoms with Crippen LogP contribution in [-0.4, -0.2) is 44.8 Å². The van der Waals surface area contributed by atoms with Crippen molar-refractivity contribution in [2.75, 3.05) is 33.9 Å². The molecule has 0 amide bonds. The van der Waals surface area contributed by atoms with Gasteiger partial charge >= 0.3 is 0 Å². The summed E-state index contributed by atoms with van der Waals surface area (Å²) < 4.78 is 10.8. The highest BCUT2D eigenvalue weighted by molar-refractivity contribution is 5.43. The SMILES string of the molecule is CCC(c1ccccc1)N1CCNC(Cc2ccc(OC)c(OC)c2)C1. The minimum absolute atomic E-state index is 0.444. The lowest BCUT2D eigenvalue weighted by Gasteiger charge is -2.39. The number of ether oxygens (including phenoxy) is 2. The predicted molar refractivity (Wildman–Crippen MR) is 106 cm³/mol. The van der Waals surface area contributed by atoms with Gasteiger partial charge in [0.15, 0.2) is 11.5 Å². The van der Waals surface area contributed by atoms with Crippen molar-refractivity contribution in [3.63, 3.8) is 0 Å². The fourth-order valence-corrected chi connectivity index (χ4v) is 3.94. The lowest BCUT2D eigenvalue weighted by molar-refractivity contribution is 0.139. The summed E-state index contributed by atoms with van der Waals surface area (Å²) in [5.74, 6) is 1.58. The Hall–Kier alpha value is -2.04. The average molecular weight is 354 g/mol. The molecule has 0 saturated carbocycles. The molecule has 2 unspecified atom stereocenters. The summed E-state index contributed by atoms with van der Waals surface area (Å²) in [5, 5.41) is 3.68. The van der Waals surface area contributed by atoms with Gasteiger partial charge in [0.2, 0.25) is 0 Å². The summed E-state index contributed by atoms with van der Waals surface area (Å²) in [7, 11) is 3.36. The first-order chi connectivity index (χ1) is 12.7. The fraction of sp³-hybridized carbons (Fsp3) is 0.455. The summed E-state index contributed by atoms with van der Waals surface area (Å²) in [6.07, 6.45) is 2.12. The second-order valence-corrected chi connectivity index (χ2v) is 6.87. The summed E-state index contributed by atoms with van der Waals surface area (Å²) in [6, 6.07) is 18.0. The van der Waals surface area contributed by atoms with E-state index in [0.29, 0.717) is 12.1 Å². The largest absolute Gasteiger partial charge is 0.493 e. The van der Waals surface area contributed by atoms with Gasteiger partial charge in [-0.3, -0.25) is 4.90 Å². The summed E-state index contributed by atoms with van der Waals surface area (Å²) in [4.78, 5) is 2.62. The number of benzene rings is 2. The van der Waals surface area contributed by atoms with Crippen LogP contribution in [0.3, 0.4) is 0 Å². The van der Waals surface area contributed by atoms with E-state index in [4.69, 9.17) is 9.47 Å². The Balaban J connectivity index is 1.68. The topological polar surface area (TPSA) is 33.7 Å². The van der Waals surface area contributed by atoms with E-state index in [2.05, 4.69) is 59.6 Å². The van der Waals surface area contributed by atoms with E-state index in [-0.39, 0.29) is 0 Å². The fourth-order valence-electron chi connectivity index (χ4n) is 3.94. The molecule has 4 nitrogen and oxygen atoms in total. The van der Waals surface area contributed by atoms with Crippen LogP contribution in [0.2, 0.25) is 0 Å². The van der Waals surface area contributed by atoms with Crippen molar-refractivity contribution in [1.29, 1.82) is 0 Å². The number of hydrogen-bond donors (Lipinski definition) is 1. The molecule has 0 radical (unpaired) electrons. The number of hydrogen-bond acceptors (Lipinski definition) is 4. The first kappa shape index (κ1) is 18.7. The highest BCUT2D eigenvalue weighted by atomic mass is 16.5. The maximum absolute atomic E-state index is 5.44. The minimum Gasteiger partial charge on any atom is -0.493 e. The van der Waals surface area contributed by atoms with Crippen molar-refractivity contribution in [2.45, 2.75) is 31.8 Å². The zero-order valence-electron chi connectivity index (χ0n) is 16.1. The zero-order chi connectivity index (χ0) is 18.4. The van der Waals surface area contributed by atoms with Crippen LogP contribution in [0.15, 0.2) is 48.5 Å². The Morgan fingerprint density at radius 1 is 1.08 bits per heavy atom. The van der Waals surface area contributed by atoms with Crippen LogP contribution in [0.5, 0.6) is 11.5 Å². The van der Waals surface area contributed by atoms with Crippen molar-refractivity contribution in [3.8, 4) is 11.5 Å². The van der Waals surface area contributed by atoms with Crippen molar-refractivity contribution < 1.29 is 9.47 Å². The lowest BCUT2D eigenvalue weighted by atomic mass is 9.98. The van der Waals surface area contributed by atoms with Crippen LogP contribution in [-0.2, 0) is 6.42 Å². The molecule has 0 spiro atoms. The molecule has 1 fully saturated rings. The number of rotatable bonds is 7. The smallest absolute Gasteiger partial charge is 0.160 e.